The van der Waals surface area contributed by atoms with Crippen molar-refractivity contribution in [3.05, 3.63) is 56.8 Å². The molecule has 2 rings (SSSR count). The largest absolute Gasteiger partial charge is 0.478 e. The highest BCUT2D eigenvalue weighted by Crippen LogP contribution is 2.22. The SMILES string of the molecule is Cc1cc(CCCC(=O)N(C)Cc2ccc(C(=O)O)cc2)c(C)s1. The van der Waals surface area contributed by atoms with Crippen LogP contribution in [-0.2, 0) is 17.8 Å². The molecule has 0 spiro atoms. The van der Waals surface area contributed by atoms with Gasteiger partial charge in [-0.15, -0.1) is 11.3 Å². The number of carbonyl (C=O) groups excluding carboxylic acids is 1. The van der Waals surface area contributed by atoms with Crippen molar-refractivity contribution >= 4 is 23.2 Å². The van der Waals surface area contributed by atoms with Crippen LogP contribution in [0.3, 0.4) is 0 Å². The molecule has 2 aromatic rings. The number of hydrogen-bond donors (Lipinski definition) is 1. The lowest BCUT2D eigenvalue weighted by molar-refractivity contribution is -0.130. The Morgan fingerprint density at radius 2 is 1.83 bits per heavy atom. The number of carboxylic acids is 1. The van der Waals surface area contributed by atoms with Crippen molar-refractivity contribution < 1.29 is 14.7 Å². The summed E-state index contributed by atoms with van der Waals surface area (Å²) < 4.78 is 0. The minimum Gasteiger partial charge on any atom is -0.478 e. The zero-order valence-corrected chi connectivity index (χ0v) is 15.2. The fourth-order valence-electron chi connectivity index (χ4n) is 2.67. The zero-order valence-electron chi connectivity index (χ0n) is 14.3. The number of thiophene rings is 1. The van der Waals surface area contributed by atoms with Gasteiger partial charge in [0.05, 0.1) is 5.56 Å². The van der Waals surface area contributed by atoms with Gasteiger partial charge in [-0.05, 0) is 56.0 Å². The standard InChI is InChI=1S/C19H23NO3S/c1-13-11-17(14(2)24-13)5-4-6-18(21)20(3)12-15-7-9-16(10-8-15)19(22)23/h7-11H,4-6,12H2,1-3H3,(H,22,23). The van der Waals surface area contributed by atoms with Gasteiger partial charge in [0.15, 0.2) is 0 Å². The Balaban J connectivity index is 1.81. The minimum atomic E-state index is -0.940. The fraction of sp³-hybridized carbons (Fsp3) is 0.368. The maximum atomic E-state index is 12.2. The summed E-state index contributed by atoms with van der Waals surface area (Å²) in [6.07, 6.45) is 2.30. The molecule has 128 valence electrons. The Bertz CT molecular complexity index is 719. The van der Waals surface area contributed by atoms with Gasteiger partial charge < -0.3 is 10.0 Å². The molecular formula is C19H23NO3S. The molecule has 4 nitrogen and oxygen atoms in total. The minimum absolute atomic E-state index is 0.113. The zero-order chi connectivity index (χ0) is 17.7. The highest BCUT2D eigenvalue weighted by Gasteiger charge is 2.11. The molecule has 0 aliphatic rings. The first-order chi connectivity index (χ1) is 11.4. The second-order valence-corrected chi connectivity index (χ2v) is 7.50. The summed E-state index contributed by atoms with van der Waals surface area (Å²) in [6, 6.07) is 8.85. The molecule has 0 atom stereocenters. The van der Waals surface area contributed by atoms with E-state index in [1.54, 1.807) is 47.5 Å². The average Bonchev–Trinajstić information content (AvgIpc) is 2.85. The van der Waals surface area contributed by atoms with E-state index >= 15 is 0 Å². The van der Waals surface area contributed by atoms with Crippen LogP contribution in [0.15, 0.2) is 30.3 Å². The monoisotopic (exact) mass is 345 g/mol. The van der Waals surface area contributed by atoms with Crippen molar-refractivity contribution in [2.24, 2.45) is 0 Å². The average molecular weight is 345 g/mol. The lowest BCUT2D eigenvalue weighted by atomic mass is 10.1. The van der Waals surface area contributed by atoms with E-state index in [2.05, 4.69) is 19.9 Å². The number of aromatic carboxylic acids is 1. The Kier molecular flexibility index (Phi) is 6.15. The van der Waals surface area contributed by atoms with E-state index in [1.807, 2.05) is 0 Å². The first-order valence-corrected chi connectivity index (χ1v) is 8.80. The van der Waals surface area contributed by atoms with Crippen molar-refractivity contribution in [2.75, 3.05) is 7.05 Å². The Morgan fingerprint density at radius 1 is 1.17 bits per heavy atom. The molecule has 0 fully saturated rings. The molecule has 0 unspecified atom stereocenters. The van der Waals surface area contributed by atoms with Crippen molar-refractivity contribution in [2.45, 2.75) is 39.7 Å². The van der Waals surface area contributed by atoms with Crippen molar-refractivity contribution in [1.82, 2.24) is 4.90 Å². The summed E-state index contributed by atoms with van der Waals surface area (Å²) in [5, 5.41) is 8.89. The van der Waals surface area contributed by atoms with Gasteiger partial charge in [0, 0.05) is 29.8 Å². The molecule has 1 N–H and O–H groups in total. The number of carboxylic acid groups (broad SMARTS) is 1. The quantitative estimate of drug-likeness (QED) is 0.824. The third-order valence-electron chi connectivity index (χ3n) is 4.03. The number of hydrogen-bond acceptors (Lipinski definition) is 3. The predicted molar refractivity (Wildman–Crippen MR) is 96.6 cm³/mol. The molecule has 24 heavy (non-hydrogen) atoms. The number of aryl methyl sites for hydroxylation is 3. The number of amides is 1. The van der Waals surface area contributed by atoms with Gasteiger partial charge in [-0.3, -0.25) is 4.79 Å². The summed E-state index contributed by atoms with van der Waals surface area (Å²) in [5.41, 5.74) is 2.53. The second kappa shape index (κ2) is 8.11. The third kappa shape index (κ3) is 4.93. The van der Waals surface area contributed by atoms with E-state index in [9.17, 15) is 9.59 Å². The molecule has 0 bridgehead atoms. The molecule has 1 amide bonds. The summed E-state index contributed by atoms with van der Waals surface area (Å²) in [6.45, 7) is 4.73. The van der Waals surface area contributed by atoms with Crippen molar-refractivity contribution in [1.29, 1.82) is 0 Å². The van der Waals surface area contributed by atoms with Crippen LogP contribution < -0.4 is 0 Å². The number of rotatable bonds is 7. The molecule has 1 aromatic heterocycles. The molecule has 0 aliphatic heterocycles. The lowest BCUT2D eigenvalue weighted by Crippen LogP contribution is -2.26. The Morgan fingerprint density at radius 3 is 2.38 bits per heavy atom. The predicted octanol–water partition coefficient (Wildman–Crippen LogP) is 4.04. The molecule has 0 saturated heterocycles. The lowest BCUT2D eigenvalue weighted by Gasteiger charge is -2.17. The second-order valence-electron chi connectivity index (χ2n) is 6.04. The molecular weight excluding hydrogens is 322 g/mol. The van der Waals surface area contributed by atoms with Crippen LogP contribution in [0.4, 0.5) is 0 Å². The van der Waals surface area contributed by atoms with E-state index in [0.717, 1.165) is 18.4 Å². The van der Waals surface area contributed by atoms with Gasteiger partial charge in [-0.1, -0.05) is 12.1 Å². The highest BCUT2D eigenvalue weighted by atomic mass is 32.1. The van der Waals surface area contributed by atoms with Gasteiger partial charge >= 0.3 is 5.97 Å². The van der Waals surface area contributed by atoms with Crippen LogP contribution in [-0.4, -0.2) is 28.9 Å². The van der Waals surface area contributed by atoms with E-state index in [4.69, 9.17) is 5.11 Å². The van der Waals surface area contributed by atoms with Crippen molar-refractivity contribution in [3.63, 3.8) is 0 Å². The summed E-state index contributed by atoms with van der Waals surface area (Å²) >= 11 is 1.80. The van der Waals surface area contributed by atoms with Crippen LogP contribution in [0, 0.1) is 13.8 Å². The number of carbonyl (C=O) groups is 2. The fourth-order valence-corrected chi connectivity index (χ4v) is 3.64. The molecule has 1 aromatic carbocycles. The van der Waals surface area contributed by atoms with Crippen LogP contribution in [0.5, 0.6) is 0 Å². The normalized spacial score (nSPS) is 10.6. The Hall–Kier alpha value is -2.14. The van der Waals surface area contributed by atoms with Gasteiger partial charge in [-0.2, -0.15) is 0 Å². The van der Waals surface area contributed by atoms with Crippen LogP contribution >= 0.6 is 11.3 Å². The summed E-state index contributed by atoms with van der Waals surface area (Å²) in [4.78, 5) is 27.4. The molecule has 5 heteroatoms. The summed E-state index contributed by atoms with van der Waals surface area (Å²) in [5.74, 6) is -0.827. The molecule has 0 saturated carbocycles. The molecule has 1 heterocycles. The molecule has 0 radical (unpaired) electrons. The Labute approximate surface area is 146 Å². The van der Waals surface area contributed by atoms with E-state index < -0.39 is 5.97 Å². The summed E-state index contributed by atoms with van der Waals surface area (Å²) in [7, 11) is 1.79. The smallest absolute Gasteiger partial charge is 0.335 e. The van der Waals surface area contributed by atoms with Crippen LogP contribution in [0.1, 0.15) is 44.1 Å². The van der Waals surface area contributed by atoms with Gasteiger partial charge in [0.25, 0.3) is 0 Å². The highest BCUT2D eigenvalue weighted by molar-refractivity contribution is 7.12. The van der Waals surface area contributed by atoms with Crippen LogP contribution in [0.25, 0.3) is 0 Å². The maximum Gasteiger partial charge on any atom is 0.335 e. The topological polar surface area (TPSA) is 57.6 Å². The van der Waals surface area contributed by atoms with E-state index in [0.29, 0.717) is 13.0 Å². The number of nitrogens with zero attached hydrogens (tertiary/aromatic N) is 1. The van der Waals surface area contributed by atoms with Crippen molar-refractivity contribution in [3.8, 4) is 0 Å². The van der Waals surface area contributed by atoms with Gasteiger partial charge in [0.2, 0.25) is 5.91 Å². The van der Waals surface area contributed by atoms with E-state index in [1.165, 1.54) is 15.3 Å². The van der Waals surface area contributed by atoms with Gasteiger partial charge in [0.1, 0.15) is 0 Å². The maximum absolute atomic E-state index is 12.2. The van der Waals surface area contributed by atoms with Gasteiger partial charge in [-0.25, -0.2) is 4.79 Å². The molecule has 0 aliphatic carbocycles. The first kappa shape index (κ1) is 18.2. The number of benzene rings is 1. The third-order valence-corrected chi connectivity index (χ3v) is 5.04. The van der Waals surface area contributed by atoms with Crippen LogP contribution in [0.2, 0.25) is 0 Å². The van der Waals surface area contributed by atoms with E-state index in [-0.39, 0.29) is 11.5 Å². The first-order valence-electron chi connectivity index (χ1n) is 7.99.